The largest absolute Gasteiger partial charge is 0.293 e. The molecule has 0 unspecified atom stereocenters. The molecule has 3 aromatic heterocycles. The lowest BCUT2D eigenvalue weighted by molar-refractivity contribution is 0.756. The standard InChI is InChI=1S/C11H7ClN4OS/c12-11-14-3-7(18-11)5-16-6-15-9-4-13-2-1-8(9)10(16)17/h1-4,6H,5H2. The number of rotatable bonds is 2. The first kappa shape index (κ1) is 11.3. The van der Waals surface area contributed by atoms with Gasteiger partial charge in [0.25, 0.3) is 5.56 Å². The van der Waals surface area contributed by atoms with Gasteiger partial charge in [0.2, 0.25) is 0 Å². The van der Waals surface area contributed by atoms with Gasteiger partial charge in [-0.1, -0.05) is 11.6 Å². The highest BCUT2D eigenvalue weighted by Gasteiger charge is 2.06. The molecule has 0 fully saturated rings. The van der Waals surface area contributed by atoms with Crippen LogP contribution in [0.1, 0.15) is 4.88 Å². The third-order valence-electron chi connectivity index (χ3n) is 2.48. The summed E-state index contributed by atoms with van der Waals surface area (Å²) in [4.78, 5) is 25.2. The molecule has 90 valence electrons. The maximum absolute atomic E-state index is 12.2. The molecule has 0 aliphatic rings. The number of halogens is 1. The summed E-state index contributed by atoms with van der Waals surface area (Å²) in [6.07, 6.45) is 6.33. The SMILES string of the molecule is O=c1c2ccncc2ncn1Cc1cnc(Cl)s1. The average molecular weight is 279 g/mol. The van der Waals surface area contributed by atoms with Crippen molar-refractivity contribution in [3.05, 3.63) is 50.7 Å². The zero-order valence-electron chi connectivity index (χ0n) is 9.08. The van der Waals surface area contributed by atoms with Gasteiger partial charge < -0.3 is 0 Å². The molecular weight excluding hydrogens is 272 g/mol. The highest BCUT2D eigenvalue weighted by atomic mass is 35.5. The van der Waals surface area contributed by atoms with Gasteiger partial charge in [0.15, 0.2) is 4.47 Å². The van der Waals surface area contributed by atoms with Crippen LogP contribution in [0, 0.1) is 0 Å². The number of fused-ring (bicyclic) bond motifs is 1. The lowest BCUT2D eigenvalue weighted by Gasteiger charge is -2.03. The summed E-state index contributed by atoms with van der Waals surface area (Å²) in [5.74, 6) is 0. The minimum atomic E-state index is -0.0908. The van der Waals surface area contributed by atoms with Gasteiger partial charge in [-0.05, 0) is 6.07 Å². The molecule has 0 bridgehead atoms. The fourth-order valence-electron chi connectivity index (χ4n) is 1.65. The Balaban J connectivity index is 2.08. The molecule has 0 N–H and O–H groups in total. The quantitative estimate of drug-likeness (QED) is 0.719. The first-order chi connectivity index (χ1) is 8.74. The highest BCUT2D eigenvalue weighted by Crippen LogP contribution is 2.18. The highest BCUT2D eigenvalue weighted by molar-refractivity contribution is 7.15. The third kappa shape index (κ3) is 2.00. The summed E-state index contributed by atoms with van der Waals surface area (Å²) < 4.78 is 2.00. The van der Waals surface area contributed by atoms with Crippen LogP contribution in [-0.2, 0) is 6.54 Å². The molecule has 18 heavy (non-hydrogen) atoms. The van der Waals surface area contributed by atoms with Crippen LogP contribution in [0.2, 0.25) is 4.47 Å². The molecule has 0 saturated heterocycles. The van der Waals surface area contributed by atoms with Crippen molar-refractivity contribution >= 4 is 33.8 Å². The van der Waals surface area contributed by atoms with Gasteiger partial charge in [-0.15, -0.1) is 11.3 Å². The summed E-state index contributed by atoms with van der Waals surface area (Å²) in [5.41, 5.74) is 0.507. The number of pyridine rings is 1. The molecule has 3 heterocycles. The number of hydrogen-bond acceptors (Lipinski definition) is 5. The van der Waals surface area contributed by atoms with Crippen molar-refractivity contribution in [3.63, 3.8) is 0 Å². The van der Waals surface area contributed by atoms with Crippen molar-refractivity contribution in [2.24, 2.45) is 0 Å². The Hall–Kier alpha value is -1.79. The molecule has 0 amide bonds. The van der Waals surface area contributed by atoms with E-state index in [2.05, 4.69) is 15.0 Å². The van der Waals surface area contributed by atoms with E-state index in [1.807, 2.05) is 0 Å². The molecule has 0 spiro atoms. The molecule has 0 saturated carbocycles. The number of nitrogens with zero attached hydrogens (tertiary/aromatic N) is 4. The van der Waals surface area contributed by atoms with E-state index >= 15 is 0 Å². The third-order valence-corrected chi connectivity index (χ3v) is 3.58. The minimum Gasteiger partial charge on any atom is -0.293 e. The van der Waals surface area contributed by atoms with Gasteiger partial charge in [-0.2, -0.15) is 0 Å². The van der Waals surface area contributed by atoms with E-state index in [9.17, 15) is 4.79 Å². The smallest absolute Gasteiger partial charge is 0.261 e. The zero-order valence-corrected chi connectivity index (χ0v) is 10.6. The van der Waals surface area contributed by atoms with Gasteiger partial charge in [0, 0.05) is 17.3 Å². The van der Waals surface area contributed by atoms with E-state index in [1.165, 1.54) is 22.2 Å². The molecule has 3 rings (SSSR count). The monoisotopic (exact) mass is 278 g/mol. The average Bonchev–Trinajstić information content (AvgIpc) is 2.79. The minimum absolute atomic E-state index is 0.0908. The second kappa shape index (κ2) is 4.47. The second-order valence-corrected chi connectivity index (χ2v) is 5.35. The summed E-state index contributed by atoms with van der Waals surface area (Å²) in [5, 5.41) is 0.558. The Morgan fingerprint density at radius 1 is 1.33 bits per heavy atom. The van der Waals surface area contributed by atoms with E-state index in [0.717, 1.165) is 4.88 Å². The summed E-state index contributed by atoms with van der Waals surface area (Å²) in [6, 6.07) is 1.67. The van der Waals surface area contributed by atoms with Gasteiger partial charge in [0.05, 0.1) is 30.0 Å². The first-order valence-corrected chi connectivity index (χ1v) is 6.33. The molecule has 0 aromatic carbocycles. The zero-order chi connectivity index (χ0) is 12.5. The van der Waals surface area contributed by atoms with Crippen LogP contribution in [0.3, 0.4) is 0 Å². The van der Waals surface area contributed by atoms with Crippen molar-refractivity contribution < 1.29 is 0 Å². The first-order valence-electron chi connectivity index (χ1n) is 5.13. The number of thiazole rings is 1. The number of aromatic nitrogens is 4. The molecule has 0 atom stereocenters. The van der Waals surface area contributed by atoms with Crippen molar-refractivity contribution in [1.82, 2.24) is 19.5 Å². The van der Waals surface area contributed by atoms with Crippen molar-refractivity contribution in [1.29, 1.82) is 0 Å². The molecule has 0 aliphatic heterocycles. The van der Waals surface area contributed by atoms with E-state index in [-0.39, 0.29) is 5.56 Å². The van der Waals surface area contributed by atoms with Crippen molar-refractivity contribution in [2.75, 3.05) is 0 Å². The van der Waals surface area contributed by atoms with Crippen LogP contribution in [-0.4, -0.2) is 19.5 Å². The Labute approximate surface area is 111 Å². The molecule has 0 radical (unpaired) electrons. The lowest BCUT2D eigenvalue weighted by Crippen LogP contribution is -2.20. The fraction of sp³-hybridized carbons (Fsp3) is 0.0909. The maximum Gasteiger partial charge on any atom is 0.261 e. The predicted molar refractivity (Wildman–Crippen MR) is 70.0 cm³/mol. The maximum atomic E-state index is 12.2. The lowest BCUT2D eigenvalue weighted by atomic mass is 10.3. The van der Waals surface area contributed by atoms with Crippen LogP contribution in [0.5, 0.6) is 0 Å². The topological polar surface area (TPSA) is 60.7 Å². The molecular formula is C11H7ClN4OS. The molecule has 0 aliphatic carbocycles. The van der Waals surface area contributed by atoms with Gasteiger partial charge in [-0.25, -0.2) is 9.97 Å². The summed E-state index contributed by atoms with van der Waals surface area (Å²) in [6.45, 7) is 0.425. The fourth-order valence-corrected chi connectivity index (χ4v) is 2.62. The van der Waals surface area contributed by atoms with Crippen LogP contribution in [0.15, 0.2) is 35.8 Å². The predicted octanol–water partition coefficient (Wildman–Crippen LogP) is 1.95. The van der Waals surface area contributed by atoms with E-state index in [1.54, 1.807) is 24.7 Å². The Morgan fingerprint density at radius 3 is 3.00 bits per heavy atom. The Bertz CT molecular complexity index is 767. The number of hydrogen-bond donors (Lipinski definition) is 0. The molecule has 3 aromatic rings. The van der Waals surface area contributed by atoms with E-state index in [4.69, 9.17) is 11.6 Å². The van der Waals surface area contributed by atoms with E-state index < -0.39 is 0 Å². The van der Waals surface area contributed by atoms with Crippen molar-refractivity contribution in [3.8, 4) is 0 Å². The van der Waals surface area contributed by atoms with Gasteiger partial charge >= 0.3 is 0 Å². The normalized spacial score (nSPS) is 10.9. The van der Waals surface area contributed by atoms with Crippen LogP contribution < -0.4 is 5.56 Å². The second-order valence-electron chi connectivity index (χ2n) is 3.65. The molecule has 7 heteroatoms. The van der Waals surface area contributed by atoms with Gasteiger partial charge in [-0.3, -0.25) is 14.3 Å². The van der Waals surface area contributed by atoms with Crippen LogP contribution in [0.4, 0.5) is 0 Å². The Morgan fingerprint density at radius 2 is 2.22 bits per heavy atom. The van der Waals surface area contributed by atoms with Gasteiger partial charge in [0.1, 0.15) is 0 Å². The molecule has 5 nitrogen and oxygen atoms in total. The summed E-state index contributed by atoms with van der Waals surface area (Å²) >= 11 is 7.11. The Kier molecular flexibility index (Phi) is 2.81. The summed E-state index contributed by atoms with van der Waals surface area (Å²) in [7, 11) is 0. The van der Waals surface area contributed by atoms with E-state index in [0.29, 0.717) is 21.9 Å². The van der Waals surface area contributed by atoms with Crippen LogP contribution >= 0.6 is 22.9 Å². The van der Waals surface area contributed by atoms with Crippen molar-refractivity contribution in [2.45, 2.75) is 6.54 Å². The van der Waals surface area contributed by atoms with Crippen LogP contribution in [0.25, 0.3) is 10.9 Å².